The van der Waals surface area contributed by atoms with E-state index in [0.717, 1.165) is 29.2 Å². The van der Waals surface area contributed by atoms with Crippen LogP contribution in [0.4, 0.5) is 5.82 Å². The van der Waals surface area contributed by atoms with E-state index in [2.05, 4.69) is 27.2 Å². The highest BCUT2D eigenvalue weighted by Gasteiger charge is 2.03. The van der Waals surface area contributed by atoms with E-state index in [1.807, 2.05) is 19.2 Å². The summed E-state index contributed by atoms with van der Waals surface area (Å²) in [7, 11) is 1.82. The largest absolute Gasteiger partial charge is 0.492 e. The van der Waals surface area contributed by atoms with Gasteiger partial charge in [-0.1, -0.05) is 6.92 Å². The lowest BCUT2D eigenvalue weighted by atomic mass is 10.2. The molecule has 0 saturated carbocycles. The highest BCUT2D eigenvalue weighted by atomic mass is 16.5. The summed E-state index contributed by atoms with van der Waals surface area (Å²) >= 11 is 0. The molecule has 18 heavy (non-hydrogen) atoms. The first-order valence-corrected chi connectivity index (χ1v) is 5.91. The van der Waals surface area contributed by atoms with Crippen molar-refractivity contribution in [1.29, 1.82) is 0 Å². The number of anilines is 1. The molecule has 2 aromatic heterocycles. The molecule has 0 aromatic carbocycles. The number of aromatic nitrogens is 3. The van der Waals surface area contributed by atoms with Crippen LogP contribution in [0.2, 0.25) is 0 Å². The molecule has 2 heterocycles. The van der Waals surface area contributed by atoms with Crippen LogP contribution >= 0.6 is 0 Å². The fourth-order valence-corrected chi connectivity index (χ4v) is 1.51. The molecule has 1 N–H and O–H groups in total. The Morgan fingerprint density at radius 3 is 2.89 bits per heavy atom. The van der Waals surface area contributed by atoms with Crippen molar-refractivity contribution < 1.29 is 4.74 Å². The molecule has 0 fully saturated rings. The molecule has 0 saturated heterocycles. The van der Waals surface area contributed by atoms with Gasteiger partial charge in [-0.05, 0) is 12.5 Å². The van der Waals surface area contributed by atoms with Gasteiger partial charge in [0.25, 0.3) is 0 Å². The topological polar surface area (TPSA) is 59.9 Å². The van der Waals surface area contributed by atoms with Crippen LogP contribution in [0.25, 0.3) is 11.3 Å². The second-order valence-electron chi connectivity index (χ2n) is 3.80. The molecule has 0 radical (unpaired) electrons. The number of ether oxygens (including phenoxy) is 1. The minimum Gasteiger partial charge on any atom is -0.492 e. The van der Waals surface area contributed by atoms with Crippen LogP contribution in [-0.2, 0) is 0 Å². The number of rotatable bonds is 5. The van der Waals surface area contributed by atoms with E-state index in [-0.39, 0.29) is 0 Å². The highest BCUT2D eigenvalue weighted by Crippen LogP contribution is 2.21. The number of nitrogens with zero attached hydrogens (tertiary/aromatic N) is 3. The van der Waals surface area contributed by atoms with Crippen molar-refractivity contribution in [1.82, 2.24) is 15.0 Å². The van der Waals surface area contributed by atoms with Crippen LogP contribution in [0.15, 0.2) is 30.9 Å². The summed E-state index contributed by atoms with van der Waals surface area (Å²) in [6.45, 7) is 2.76. The highest BCUT2D eigenvalue weighted by molar-refractivity contribution is 5.62. The molecular weight excluding hydrogens is 228 g/mol. The van der Waals surface area contributed by atoms with E-state index in [1.54, 1.807) is 12.4 Å². The molecule has 0 amide bonds. The van der Waals surface area contributed by atoms with Gasteiger partial charge in [-0.2, -0.15) is 0 Å². The molecule has 0 aliphatic heterocycles. The van der Waals surface area contributed by atoms with Gasteiger partial charge in [-0.25, -0.2) is 9.97 Å². The first-order valence-electron chi connectivity index (χ1n) is 5.91. The van der Waals surface area contributed by atoms with E-state index in [1.165, 1.54) is 6.33 Å². The lowest BCUT2D eigenvalue weighted by Crippen LogP contribution is -1.97. The first kappa shape index (κ1) is 12.3. The quantitative estimate of drug-likeness (QED) is 0.875. The molecular formula is C13H16N4O. The molecule has 0 bridgehead atoms. The van der Waals surface area contributed by atoms with Crippen LogP contribution in [-0.4, -0.2) is 28.6 Å². The van der Waals surface area contributed by atoms with Crippen LogP contribution in [0, 0.1) is 0 Å². The fourth-order valence-electron chi connectivity index (χ4n) is 1.51. The third kappa shape index (κ3) is 2.94. The number of pyridine rings is 1. The first-order chi connectivity index (χ1) is 8.83. The Hall–Kier alpha value is -2.17. The Balaban J connectivity index is 2.26. The summed E-state index contributed by atoms with van der Waals surface area (Å²) < 4.78 is 5.55. The van der Waals surface area contributed by atoms with Crippen molar-refractivity contribution in [2.75, 3.05) is 19.0 Å². The average molecular weight is 244 g/mol. The summed E-state index contributed by atoms with van der Waals surface area (Å²) in [5.41, 5.74) is 1.74. The van der Waals surface area contributed by atoms with Crippen molar-refractivity contribution in [2.24, 2.45) is 0 Å². The number of hydrogen-bond donors (Lipinski definition) is 1. The molecule has 0 aliphatic rings. The van der Waals surface area contributed by atoms with Gasteiger partial charge in [0.05, 0.1) is 18.5 Å². The second-order valence-corrected chi connectivity index (χ2v) is 3.80. The van der Waals surface area contributed by atoms with E-state index in [0.29, 0.717) is 6.61 Å². The molecule has 2 aromatic rings. The van der Waals surface area contributed by atoms with E-state index >= 15 is 0 Å². The summed E-state index contributed by atoms with van der Waals surface area (Å²) in [6, 6.07) is 3.81. The molecule has 0 atom stereocenters. The van der Waals surface area contributed by atoms with Gasteiger partial charge >= 0.3 is 0 Å². The van der Waals surface area contributed by atoms with Gasteiger partial charge in [0.2, 0.25) is 0 Å². The molecule has 5 heteroatoms. The van der Waals surface area contributed by atoms with Gasteiger partial charge < -0.3 is 10.1 Å². The van der Waals surface area contributed by atoms with Gasteiger partial charge in [0.1, 0.15) is 17.9 Å². The van der Waals surface area contributed by atoms with Crippen LogP contribution in [0.5, 0.6) is 5.75 Å². The molecule has 0 spiro atoms. The molecule has 0 aliphatic carbocycles. The molecule has 94 valence electrons. The third-order valence-electron chi connectivity index (χ3n) is 2.40. The predicted octanol–water partition coefficient (Wildman–Crippen LogP) is 2.37. The van der Waals surface area contributed by atoms with Gasteiger partial charge in [0, 0.05) is 24.9 Å². The summed E-state index contributed by atoms with van der Waals surface area (Å²) in [4.78, 5) is 12.5. The lowest BCUT2D eigenvalue weighted by Gasteiger charge is -2.06. The summed E-state index contributed by atoms with van der Waals surface area (Å²) in [5, 5.41) is 2.98. The number of hydrogen-bond acceptors (Lipinski definition) is 5. The maximum atomic E-state index is 5.55. The van der Waals surface area contributed by atoms with Crippen LogP contribution < -0.4 is 10.1 Å². The number of nitrogens with one attached hydrogen (secondary N) is 1. The maximum Gasteiger partial charge on any atom is 0.138 e. The Morgan fingerprint density at radius 2 is 2.11 bits per heavy atom. The van der Waals surface area contributed by atoms with E-state index in [4.69, 9.17) is 4.74 Å². The summed E-state index contributed by atoms with van der Waals surface area (Å²) in [6.07, 6.45) is 5.97. The molecule has 2 rings (SSSR count). The fraction of sp³-hybridized carbons (Fsp3) is 0.308. The Kier molecular flexibility index (Phi) is 4.06. The van der Waals surface area contributed by atoms with Crippen molar-refractivity contribution in [2.45, 2.75) is 13.3 Å². The predicted molar refractivity (Wildman–Crippen MR) is 70.6 cm³/mol. The zero-order valence-electron chi connectivity index (χ0n) is 10.6. The average Bonchev–Trinajstić information content (AvgIpc) is 2.45. The monoisotopic (exact) mass is 244 g/mol. The zero-order valence-corrected chi connectivity index (χ0v) is 10.6. The van der Waals surface area contributed by atoms with E-state index < -0.39 is 0 Å². The summed E-state index contributed by atoms with van der Waals surface area (Å²) in [5.74, 6) is 1.54. The maximum absolute atomic E-state index is 5.55. The Morgan fingerprint density at radius 1 is 1.22 bits per heavy atom. The normalized spacial score (nSPS) is 10.1. The Labute approximate surface area is 106 Å². The van der Waals surface area contributed by atoms with Crippen molar-refractivity contribution in [3.05, 3.63) is 30.9 Å². The van der Waals surface area contributed by atoms with Crippen LogP contribution in [0.1, 0.15) is 13.3 Å². The smallest absolute Gasteiger partial charge is 0.138 e. The van der Waals surface area contributed by atoms with Crippen LogP contribution in [0.3, 0.4) is 0 Å². The van der Waals surface area contributed by atoms with Crippen molar-refractivity contribution in [3.8, 4) is 17.0 Å². The lowest BCUT2D eigenvalue weighted by molar-refractivity contribution is 0.316. The molecule has 0 unspecified atom stereocenters. The van der Waals surface area contributed by atoms with Crippen molar-refractivity contribution in [3.63, 3.8) is 0 Å². The Bertz CT molecular complexity index is 516. The van der Waals surface area contributed by atoms with E-state index in [9.17, 15) is 0 Å². The molecule has 5 nitrogen and oxygen atoms in total. The third-order valence-corrected chi connectivity index (χ3v) is 2.40. The minimum absolute atomic E-state index is 0.691. The zero-order chi connectivity index (χ0) is 12.8. The van der Waals surface area contributed by atoms with Gasteiger partial charge in [-0.15, -0.1) is 0 Å². The minimum atomic E-state index is 0.691. The SMILES string of the molecule is CCCOc1cncc(-c2cc(NC)ncn2)c1. The second kappa shape index (κ2) is 5.95. The van der Waals surface area contributed by atoms with Gasteiger partial charge in [-0.3, -0.25) is 4.98 Å². The van der Waals surface area contributed by atoms with Gasteiger partial charge in [0.15, 0.2) is 0 Å². The standard InChI is InChI=1S/C13H16N4O/c1-3-4-18-11-5-10(7-15-8-11)12-6-13(14-2)17-9-16-12/h5-9H,3-4H2,1-2H3,(H,14,16,17). The van der Waals surface area contributed by atoms with Crippen molar-refractivity contribution >= 4 is 5.82 Å².